The highest BCUT2D eigenvalue weighted by molar-refractivity contribution is 6.05. The van der Waals surface area contributed by atoms with Crippen molar-refractivity contribution in [3.8, 4) is 11.1 Å². The third-order valence-corrected chi connectivity index (χ3v) is 5.69. The maximum atomic E-state index is 12.3. The Kier molecular flexibility index (Phi) is 4.19. The lowest BCUT2D eigenvalue weighted by Crippen LogP contribution is -2.13. The summed E-state index contributed by atoms with van der Waals surface area (Å²) >= 11 is 0. The summed E-state index contributed by atoms with van der Waals surface area (Å²) in [6.45, 7) is 2.61. The zero-order valence-corrected chi connectivity index (χ0v) is 16.5. The summed E-state index contributed by atoms with van der Waals surface area (Å²) in [4.78, 5) is 21.4. The zero-order chi connectivity index (χ0) is 20.0. The molecule has 1 aliphatic heterocycles. The molecule has 1 fully saturated rings. The van der Waals surface area contributed by atoms with Gasteiger partial charge in [0.1, 0.15) is 5.82 Å². The summed E-state index contributed by atoms with van der Waals surface area (Å²) in [6.07, 6.45) is 6.25. The van der Waals surface area contributed by atoms with E-state index in [1.807, 2.05) is 31.6 Å². The Hall–Kier alpha value is -3.41. The monoisotopic (exact) mass is 385 g/mol. The first-order valence-electron chi connectivity index (χ1n) is 9.96. The number of anilines is 3. The Balaban J connectivity index is 1.44. The van der Waals surface area contributed by atoms with Gasteiger partial charge in [-0.3, -0.25) is 9.78 Å². The van der Waals surface area contributed by atoms with Gasteiger partial charge >= 0.3 is 0 Å². The Morgan fingerprint density at radius 3 is 2.62 bits per heavy atom. The van der Waals surface area contributed by atoms with E-state index in [2.05, 4.69) is 51.0 Å². The lowest BCUT2D eigenvalue weighted by atomic mass is 9.94. The minimum Gasteiger partial charge on any atom is -0.387 e. The van der Waals surface area contributed by atoms with Crippen LogP contribution in [-0.4, -0.2) is 22.9 Å². The fourth-order valence-corrected chi connectivity index (χ4v) is 3.96. The average molecular weight is 385 g/mol. The molecule has 0 atom stereocenters. The number of amides is 1. The first-order chi connectivity index (χ1) is 14.1. The predicted molar refractivity (Wildman–Crippen MR) is 115 cm³/mol. The van der Waals surface area contributed by atoms with Crippen molar-refractivity contribution < 1.29 is 4.79 Å². The number of hydrogen-bond acceptors (Lipinski definition) is 5. The first-order valence-corrected chi connectivity index (χ1v) is 9.96. The van der Waals surface area contributed by atoms with Gasteiger partial charge in [-0.1, -0.05) is 6.07 Å². The normalized spacial score (nSPS) is 15.0. The molecule has 5 rings (SSSR count). The average Bonchev–Trinajstić information content (AvgIpc) is 3.51. The molecule has 0 bridgehead atoms. The second-order valence-electron chi connectivity index (χ2n) is 7.70. The highest BCUT2D eigenvalue weighted by Gasteiger charge is 2.26. The number of carbonyl (C=O) groups excluding carboxylic acids is 1. The van der Waals surface area contributed by atoms with Gasteiger partial charge in [0.05, 0.1) is 17.4 Å². The Morgan fingerprint density at radius 2 is 1.93 bits per heavy atom. The molecule has 3 N–H and O–H groups in total. The second-order valence-corrected chi connectivity index (χ2v) is 7.70. The Bertz CT molecular complexity index is 1100. The summed E-state index contributed by atoms with van der Waals surface area (Å²) in [5, 5.41) is 9.38. The molecule has 146 valence electrons. The number of aryl methyl sites for hydroxylation is 1. The number of benzene rings is 1. The van der Waals surface area contributed by atoms with E-state index in [0.29, 0.717) is 12.5 Å². The maximum absolute atomic E-state index is 12.3. The SMILES string of the molecule is CNc1ccc(-c2cnc(Nc3ccc(C4CC4)nc3)cc2C)c2c1C(=O)NC2. The van der Waals surface area contributed by atoms with Gasteiger partial charge < -0.3 is 16.0 Å². The molecule has 6 heteroatoms. The van der Waals surface area contributed by atoms with E-state index in [0.717, 1.165) is 45.0 Å². The van der Waals surface area contributed by atoms with Crippen LogP contribution in [0.1, 0.15) is 45.9 Å². The van der Waals surface area contributed by atoms with E-state index in [1.54, 1.807) is 0 Å². The largest absolute Gasteiger partial charge is 0.387 e. The smallest absolute Gasteiger partial charge is 0.254 e. The number of fused-ring (bicyclic) bond motifs is 1. The van der Waals surface area contributed by atoms with Crippen LogP contribution < -0.4 is 16.0 Å². The van der Waals surface area contributed by atoms with Crippen molar-refractivity contribution in [3.05, 3.63) is 65.1 Å². The number of nitrogens with one attached hydrogen (secondary N) is 3. The van der Waals surface area contributed by atoms with Crippen LogP contribution in [0.15, 0.2) is 42.7 Å². The molecule has 0 radical (unpaired) electrons. The number of nitrogens with zero attached hydrogens (tertiary/aromatic N) is 2. The number of pyridine rings is 2. The lowest BCUT2D eigenvalue weighted by Gasteiger charge is -2.14. The Labute approximate surface area is 169 Å². The third-order valence-electron chi connectivity index (χ3n) is 5.69. The molecule has 0 saturated heterocycles. The van der Waals surface area contributed by atoms with E-state index < -0.39 is 0 Å². The zero-order valence-electron chi connectivity index (χ0n) is 16.5. The summed E-state index contributed by atoms with van der Waals surface area (Å²) < 4.78 is 0. The molecule has 6 nitrogen and oxygen atoms in total. The molecule has 1 aliphatic carbocycles. The molecule has 1 amide bonds. The highest BCUT2D eigenvalue weighted by Crippen LogP contribution is 2.39. The minimum atomic E-state index is -0.0303. The molecule has 29 heavy (non-hydrogen) atoms. The quantitative estimate of drug-likeness (QED) is 0.608. The molecular weight excluding hydrogens is 362 g/mol. The van der Waals surface area contributed by atoms with E-state index >= 15 is 0 Å². The van der Waals surface area contributed by atoms with Gasteiger partial charge in [-0.05, 0) is 60.7 Å². The van der Waals surface area contributed by atoms with Crippen molar-refractivity contribution in [1.82, 2.24) is 15.3 Å². The van der Waals surface area contributed by atoms with E-state index in [9.17, 15) is 4.79 Å². The van der Waals surface area contributed by atoms with Gasteiger partial charge in [0.15, 0.2) is 0 Å². The van der Waals surface area contributed by atoms with Gasteiger partial charge in [-0.15, -0.1) is 0 Å². The third kappa shape index (κ3) is 3.20. The standard InChI is InChI=1S/C23H23N5O/c1-13-9-21(28-15-5-7-19(25-10-15)14-3-4-14)26-11-17(13)16-6-8-20(24-2)22-18(16)12-27-23(22)29/h5-11,14,24H,3-4,12H2,1-2H3,(H,26,28)(H,27,29). The Morgan fingerprint density at radius 1 is 1.07 bits per heavy atom. The van der Waals surface area contributed by atoms with E-state index in [4.69, 9.17) is 0 Å². The number of aromatic nitrogens is 2. The van der Waals surface area contributed by atoms with Crippen LogP contribution in [-0.2, 0) is 6.54 Å². The van der Waals surface area contributed by atoms with E-state index in [1.165, 1.54) is 18.5 Å². The minimum absolute atomic E-state index is 0.0303. The van der Waals surface area contributed by atoms with Crippen LogP contribution in [0.5, 0.6) is 0 Å². The molecule has 0 unspecified atom stereocenters. The van der Waals surface area contributed by atoms with Crippen molar-refractivity contribution in [2.24, 2.45) is 0 Å². The van der Waals surface area contributed by atoms with Gasteiger partial charge in [0, 0.05) is 42.7 Å². The molecule has 3 heterocycles. The molecule has 2 aromatic heterocycles. The van der Waals surface area contributed by atoms with Crippen molar-refractivity contribution in [3.63, 3.8) is 0 Å². The van der Waals surface area contributed by atoms with Crippen LogP contribution in [0.2, 0.25) is 0 Å². The molecule has 2 aliphatic rings. The predicted octanol–water partition coefficient (Wildman–Crippen LogP) is 4.36. The van der Waals surface area contributed by atoms with Crippen LogP contribution >= 0.6 is 0 Å². The fourth-order valence-electron chi connectivity index (χ4n) is 3.96. The van der Waals surface area contributed by atoms with Gasteiger partial charge in [0.2, 0.25) is 0 Å². The number of carbonyl (C=O) groups is 1. The highest BCUT2D eigenvalue weighted by atomic mass is 16.1. The molecule has 3 aromatic rings. The van der Waals surface area contributed by atoms with Crippen molar-refractivity contribution >= 4 is 23.1 Å². The molecule has 1 aromatic carbocycles. The topological polar surface area (TPSA) is 78.9 Å². The first kappa shape index (κ1) is 17.7. The lowest BCUT2D eigenvalue weighted by molar-refractivity contribution is 0.0966. The van der Waals surface area contributed by atoms with Crippen LogP contribution in [0.3, 0.4) is 0 Å². The molecular formula is C23H23N5O. The second kappa shape index (κ2) is 6.88. The van der Waals surface area contributed by atoms with Gasteiger partial charge in [0.25, 0.3) is 5.91 Å². The maximum Gasteiger partial charge on any atom is 0.254 e. The number of hydrogen-bond donors (Lipinski definition) is 3. The summed E-state index contributed by atoms with van der Waals surface area (Å²) in [5.41, 5.74) is 7.90. The number of rotatable bonds is 5. The van der Waals surface area contributed by atoms with Gasteiger partial charge in [-0.25, -0.2) is 4.98 Å². The van der Waals surface area contributed by atoms with Crippen LogP contribution in [0.25, 0.3) is 11.1 Å². The van der Waals surface area contributed by atoms with Crippen molar-refractivity contribution in [1.29, 1.82) is 0 Å². The van der Waals surface area contributed by atoms with Crippen LogP contribution in [0.4, 0.5) is 17.2 Å². The summed E-state index contributed by atoms with van der Waals surface area (Å²) in [7, 11) is 1.83. The van der Waals surface area contributed by atoms with Crippen molar-refractivity contribution in [2.45, 2.75) is 32.2 Å². The van der Waals surface area contributed by atoms with Crippen LogP contribution in [0, 0.1) is 6.92 Å². The van der Waals surface area contributed by atoms with Crippen molar-refractivity contribution in [2.75, 3.05) is 17.7 Å². The summed E-state index contributed by atoms with van der Waals surface area (Å²) in [5.74, 6) is 1.41. The fraction of sp³-hybridized carbons (Fsp3) is 0.261. The molecule has 0 spiro atoms. The van der Waals surface area contributed by atoms with Gasteiger partial charge in [-0.2, -0.15) is 0 Å². The summed E-state index contributed by atoms with van der Waals surface area (Å²) in [6, 6.07) is 10.2. The van der Waals surface area contributed by atoms with E-state index in [-0.39, 0.29) is 5.91 Å². The molecule has 1 saturated carbocycles.